The van der Waals surface area contributed by atoms with Crippen molar-refractivity contribution in [1.82, 2.24) is 0 Å². The van der Waals surface area contributed by atoms with Crippen molar-refractivity contribution in [2.75, 3.05) is 6.61 Å². The van der Waals surface area contributed by atoms with E-state index in [9.17, 15) is 18.3 Å². The summed E-state index contributed by atoms with van der Waals surface area (Å²) in [6.07, 6.45) is 0.489. The van der Waals surface area contributed by atoms with Crippen LogP contribution in [0.15, 0.2) is 42.5 Å². The molecule has 0 spiro atoms. The molecule has 2 aromatic rings. The number of hydrogen-bond acceptors (Lipinski definition) is 3. The molecular weight excluding hydrogens is 331 g/mol. The molecule has 3 rings (SSSR count). The van der Waals surface area contributed by atoms with Gasteiger partial charge in [-0.25, -0.2) is 13.2 Å². The second kappa shape index (κ2) is 7.15. The van der Waals surface area contributed by atoms with E-state index in [0.717, 1.165) is 12.1 Å². The fourth-order valence-corrected chi connectivity index (χ4v) is 3.53. The average molecular weight is 351 g/mol. The van der Waals surface area contributed by atoms with Crippen molar-refractivity contribution >= 4 is 0 Å². The third-order valence-corrected chi connectivity index (χ3v) is 4.91. The first kappa shape index (κ1) is 17.9. The molecular formula is C19H20F3NO2. The molecule has 0 aliphatic heterocycles. The topological polar surface area (TPSA) is 55.5 Å². The maximum Gasteiger partial charge on any atom is 0.159 e. The van der Waals surface area contributed by atoms with Crippen LogP contribution in [0.2, 0.25) is 0 Å². The molecule has 0 aromatic heterocycles. The Kier molecular flexibility index (Phi) is 5.13. The molecule has 6 heteroatoms. The Morgan fingerprint density at radius 2 is 1.84 bits per heavy atom. The fraction of sp³-hybridized carbons (Fsp3) is 0.368. The van der Waals surface area contributed by atoms with E-state index in [2.05, 4.69) is 0 Å². The number of nitrogens with two attached hydrogens (primary N) is 1. The molecule has 3 nitrogen and oxygen atoms in total. The van der Waals surface area contributed by atoms with E-state index < -0.39 is 23.0 Å². The smallest absolute Gasteiger partial charge is 0.159 e. The highest BCUT2D eigenvalue weighted by molar-refractivity contribution is 5.29. The first-order valence-corrected chi connectivity index (χ1v) is 8.14. The van der Waals surface area contributed by atoms with Crippen molar-refractivity contribution in [2.45, 2.75) is 31.1 Å². The highest BCUT2D eigenvalue weighted by atomic mass is 19.2. The Labute approximate surface area is 144 Å². The van der Waals surface area contributed by atoms with Gasteiger partial charge in [0.25, 0.3) is 0 Å². The summed E-state index contributed by atoms with van der Waals surface area (Å²) >= 11 is 0. The van der Waals surface area contributed by atoms with Crippen molar-refractivity contribution in [1.29, 1.82) is 0 Å². The third-order valence-electron chi connectivity index (χ3n) is 4.91. The van der Waals surface area contributed by atoms with Crippen LogP contribution in [0.3, 0.4) is 0 Å². The molecule has 0 unspecified atom stereocenters. The Balaban J connectivity index is 1.73. The van der Waals surface area contributed by atoms with Crippen molar-refractivity contribution in [2.24, 2.45) is 11.7 Å². The van der Waals surface area contributed by atoms with Gasteiger partial charge in [-0.3, -0.25) is 0 Å². The van der Waals surface area contributed by atoms with Gasteiger partial charge in [0.05, 0.1) is 18.2 Å². The van der Waals surface area contributed by atoms with E-state index in [0.29, 0.717) is 24.0 Å². The summed E-state index contributed by atoms with van der Waals surface area (Å²) in [5, 5.41) is 9.67. The van der Waals surface area contributed by atoms with Crippen molar-refractivity contribution in [3.8, 4) is 0 Å². The molecule has 1 fully saturated rings. The third kappa shape index (κ3) is 3.56. The predicted molar refractivity (Wildman–Crippen MR) is 87.0 cm³/mol. The minimum Gasteiger partial charge on any atom is -0.396 e. The van der Waals surface area contributed by atoms with Gasteiger partial charge < -0.3 is 15.6 Å². The zero-order chi connectivity index (χ0) is 18.0. The Hall–Kier alpha value is -1.89. The van der Waals surface area contributed by atoms with Crippen LogP contribution in [-0.2, 0) is 16.9 Å². The summed E-state index contributed by atoms with van der Waals surface area (Å²) in [5.74, 6) is -2.60. The highest BCUT2D eigenvalue weighted by Crippen LogP contribution is 2.43. The van der Waals surface area contributed by atoms with E-state index >= 15 is 0 Å². The number of ether oxygens (including phenoxy) is 1. The second-order valence-corrected chi connectivity index (χ2v) is 6.52. The summed E-state index contributed by atoms with van der Waals surface area (Å²) in [6.45, 7) is -0.0940. The van der Waals surface area contributed by atoms with Crippen LogP contribution in [0.1, 0.15) is 24.0 Å². The van der Waals surface area contributed by atoms with E-state index in [-0.39, 0.29) is 25.2 Å². The number of hydrogen-bond donors (Lipinski definition) is 2. The van der Waals surface area contributed by atoms with Gasteiger partial charge in [0, 0.05) is 18.1 Å². The van der Waals surface area contributed by atoms with E-state index in [1.54, 1.807) is 18.2 Å². The van der Waals surface area contributed by atoms with Crippen LogP contribution in [0.25, 0.3) is 0 Å². The van der Waals surface area contributed by atoms with Gasteiger partial charge in [-0.15, -0.1) is 0 Å². The fourth-order valence-electron chi connectivity index (χ4n) is 3.53. The predicted octanol–water partition coefficient (Wildman–Crippen LogP) is 3.25. The van der Waals surface area contributed by atoms with Gasteiger partial charge >= 0.3 is 0 Å². The van der Waals surface area contributed by atoms with Gasteiger partial charge in [-0.2, -0.15) is 0 Å². The maximum atomic E-state index is 14.2. The zero-order valence-electron chi connectivity index (χ0n) is 13.6. The summed E-state index contributed by atoms with van der Waals surface area (Å²) in [5.41, 5.74) is 6.28. The van der Waals surface area contributed by atoms with E-state index in [1.165, 1.54) is 12.1 Å². The molecule has 0 saturated heterocycles. The molecule has 25 heavy (non-hydrogen) atoms. The highest BCUT2D eigenvalue weighted by Gasteiger charge is 2.47. The van der Waals surface area contributed by atoms with Gasteiger partial charge in [0.1, 0.15) is 5.82 Å². The summed E-state index contributed by atoms with van der Waals surface area (Å²) in [6, 6.07) is 9.83. The van der Waals surface area contributed by atoms with Crippen molar-refractivity contribution < 1.29 is 23.0 Å². The van der Waals surface area contributed by atoms with E-state index in [1.807, 2.05) is 0 Å². The molecule has 134 valence electrons. The maximum absolute atomic E-state index is 14.2. The minimum absolute atomic E-state index is 0.0906. The van der Waals surface area contributed by atoms with Gasteiger partial charge in [0.2, 0.25) is 0 Å². The minimum atomic E-state index is -1.03. The first-order chi connectivity index (χ1) is 11.9. The lowest BCUT2D eigenvalue weighted by Gasteiger charge is -2.31. The lowest BCUT2D eigenvalue weighted by molar-refractivity contribution is 0.0390. The van der Waals surface area contributed by atoms with Crippen LogP contribution < -0.4 is 5.73 Å². The van der Waals surface area contributed by atoms with Crippen LogP contribution in [-0.4, -0.2) is 17.8 Å². The Bertz CT molecular complexity index is 755. The molecule has 1 aliphatic rings. The van der Waals surface area contributed by atoms with Gasteiger partial charge in [-0.05, 0) is 36.6 Å². The van der Waals surface area contributed by atoms with Gasteiger partial charge in [-0.1, -0.05) is 24.3 Å². The number of halogens is 3. The van der Waals surface area contributed by atoms with E-state index in [4.69, 9.17) is 10.5 Å². The lowest BCUT2D eigenvalue weighted by atomic mass is 9.81. The van der Waals surface area contributed by atoms with Crippen molar-refractivity contribution in [3.63, 3.8) is 0 Å². The Morgan fingerprint density at radius 1 is 1.08 bits per heavy atom. The molecule has 0 radical (unpaired) electrons. The van der Waals surface area contributed by atoms with Crippen molar-refractivity contribution in [3.05, 3.63) is 71.0 Å². The largest absolute Gasteiger partial charge is 0.396 e. The molecule has 3 atom stereocenters. The SMILES string of the molecule is N[C@@]1(c2ccccc2F)C[C@H](OCc2ccc(F)c(F)c2)C[C@H]1CO. The number of rotatable bonds is 5. The Morgan fingerprint density at radius 3 is 2.52 bits per heavy atom. The second-order valence-electron chi connectivity index (χ2n) is 6.52. The lowest BCUT2D eigenvalue weighted by Crippen LogP contribution is -2.43. The number of aliphatic hydroxyl groups excluding tert-OH is 1. The molecule has 0 bridgehead atoms. The average Bonchev–Trinajstić information content (AvgIpc) is 2.93. The normalized spacial score (nSPS) is 26.1. The summed E-state index contributed by atoms with van der Waals surface area (Å²) in [4.78, 5) is 0. The van der Waals surface area contributed by atoms with Crippen LogP contribution in [0.5, 0.6) is 0 Å². The van der Waals surface area contributed by atoms with Crippen LogP contribution >= 0.6 is 0 Å². The number of benzene rings is 2. The zero-order valence-corrected chi connectivity index (χ0v) is 13.6. The molecule has 2 aromatic carbocycles. The number of aliphatic hydroxyl groups is 1. The first-order valence-electron chi connectivity index (χ1n) is 8.14. The van der Waals surface area contributed by atoms with Crippen LogP contribution in [0, 0.1) is 23.4 Å². The molecule has 0 heterocycles. The molecule has 1 saturated carbocycles. The van der Waals surface area contributed by atoms with Gasteiger partial charge in [0.15, 0.2) is 11.6 Å². The molecule has 3 N–H and O–H groups in total. The van der Waals surface area contributed by atoms with Crippen LogP contribution in [0.4, 0.5) is 13.2 Å². The molecule has 1 aliphatic carbocycles. The standard InChI is InChI=1S/C19H20F3NO2/c20-16-4-2-1-3-15(16)19(23)9-14(8-13(19)10-24)25-11-12-5-6-17(21)18(22)7-12/h1-7,13-14,24H,8-11,23H2/t13-,14+,19-/m0/s1. The molecule has 0 amide bonds. The summed E-state index contributed by atoms with van der Waals surface area (Å²) < 4.78 is 46.2. The summed E-state index contributed by atoms with van der Waals surface area (Å²) in [7, 11) is 0. The quantitative estimate of drug-likeness (QED) is 0.869. The monoisotopic (exact) mass is 351 g/mol.